The lowest BCUT2D eigenvalue weighted by Crippen LogP contribution is -2.04. The van der Waals surface area contributed by atoms with Crippen molar-refractivity contribution in [3.8, 4) is 9.75 Å². The summed E-state index contributed by atoms with van der Waals surface area (Å²) in [6.07, 6.45) is -3.93. The van der Waals surface area contributed by atoms with E-state index < -0.39 is 24.7 Å². The molecule has 12 heteroatoms. The lowest BCUT2D eigenvalue weighted by atomic mass is 10.4. The van der Waals surface area contributed by atoms with Gasteiger partial charge in [-0.2, -0.15) is 0 Å². The van der Waals surface area contributed by atoms with Gasteiger partial charge in [0.15, 0.2) is 0 Å². The fourth-order valence-corrected chi connectivity index (χ4v) is 20.8. The second kappa shape index (κ2) is 9.40. The minimum Gasteiger partial charge on any atom is -0.133 e. The van der Waals surface area contributed by atoms with E-state index in [2.05, 4.69) is 100 Å². The van der Waals surface area contributed by atoms with Crippen molar-refractivity contribution in [2.75, 3.05) is 0 Å². The number of hydrogen-bond donors (Lipinski definition) is 0. The van der Waals surface area contributed by atoms with Crippen molar-refractivity contribution in [1.82, 2.24) is 0 Å². The molecule has 0 aliphatic carbocycles. The van der Waals surface area contributed by atoms with Crippen molar-refractivity contribution >= 4 is 197 Å². The Kier molecular flexibility index (Phi) is 6.51. The largest absolute Gasteiger partial charge is 0.133 e. The Morgan fingerprint density at radius 1 is 0.667 bits per heavy atom. The molecule has 0 spiro atoms. The SMILES string of the molecule is [2H]P(I)c1sc2cc(-c3cc4sc(P([2H])I)c(P([2H])I)c4s3)sc2c1P([2H])I. The maximum absolute atomic E-state index is 8.32. The highest BCUT2D eigenvalue weighted by atomic mass is 127. The minimum absolute atomic E-state index is 0.959. The maximum Gasteiger partial charge on any atom is 0.0748 e. The van der Waals surface area contributed by atoms with E-state index >= 15 is 0 Å². The second-order valence-corrected chi connectivity index (χ2v) is 17.5. The molecule has 4 rings (SSSR count). The summed E-state index contributed by atoms with van der Waals surface area (Å²) in [4.78, 5) is 2.44. The molecule has 0 aromatic carbocycles. The molecule has 126 valence electrons. The first-order valence-electron chi connectivity index (χ1n) is 7.90. The first-order valence-corrected chi connectivity index (χ1v) is 24.1. The van der Waals surface area contributed by atoms with Crippen molar-refractivity contribution in [3.05, 3.63) is 12.1 Å². The van der Waals surface area contributed by atoms with Crippen LogP contribution in [-0.4, -0.2) is 5.11 Å². The zero-order chi connectivity index (χ0) is 20.3. The van der Waals surface area contributed by atoms with Crippen molar-refractivity contribution in [1.29, 1.82) is 5.11 Å². The highest BCUT2D eigenvalue weighted by Crippen LogP contribution is 2.46. The summed E-state index contributed by atoms with van der Waals surface area (Å²) < 4.78 is 40.0. The molecule has 0 aliphatic heterocycles. The van der Waals surface area contributed by atoms with Crippen LogP contribution in [0.5, 0.6) is 0 Å². The number of halogens is 4. The maximum atomic E-state index is 8.32. The van der Waals surface area contributed by atoms with Crippen LogP contribution in [0, 0.1) is 0 Å². The third-order valence-corrected chi connectivity index (χ3v) is 19.6. The molecule has 4 heterocycles. The average molecular weight is 914 g/mol. The fourth-order valence-electron chi connectivity index (χ4n) is 2.24. The Labute approximate surface area is 220 Å². The third kappa shape index (κ3) is 3.95. The van der Waals surface area contributed by atoms with Gasteiger partial charge in [0.25, 0.3) is 0 Å². The van der Waals surface area contributed by atoms with Gasteiger partial charge in [0.1, 0.15) is 0 Å². The van der Waals surface area contributed by atoms with Gasteiger partial charge >= 0.3 is 0 Å². The van der Waals surface area contributed by atoms with Crippen molar-refractivity contribution in [2.24, 2.45) is 0 Å². The lowest BCUT2D eigenvalue weighted by Gasteiger charge is -1.96. The van der Waals surface area contributed by atoms with E-state index in [0.29, 0.717) is 0 Å². The predicted molar refractivity (Wildman–Crippen MR) is 166 cm³/mol. The van der Waals surface area contributed by atoms with E-state index in [9.17, 15) is 0 Å². The molecule has 0 saturated heterocycles. The van der Waals surface area contributed by atoms with Gasteiger partial charge in [0, 0.05) is 39.0 Å². The molecular weight excluding hydrogens is 904 g/mol. The molecule has 0 bridgehead atoms. The standard InChI is InChI=1S/C12H6I4P4S4/c13-17-7-9-5(23-11(7)19-15)1-3(21-9)4-2-6-10(22-4)8(18-14)12(20-16)24-6/h1-2,17-20H/i17D,18D,19D,20D. The molecule has 4 aromatic heterocycles. The number of thiophene rings is 4. The topological polar surface area (TPSA) is 0 Å². The van der Waals surface area contributed by atoms with E-state index in [1.54, 1.807) is 45.3 Å². The quantitative estimate of drug-likeness (QED) is 0.139. The first kappa shape index (κ1) is 16.6. The first-order chi connectivity index (χ1) is 13.2. The summed E-state index contributed by atoms with van der Waals surface area (Å²) in [6, 6.07) is 4.45. The Bertz CT molecular complexity index is 1080. The number of hydrogen-bond acceptors (Lipinski definition) is 4. The van der Waals surface area contributed by atoms with Crippen molar-refractivity contribution < 1.29 is 0 Å². The highest BCUT2D eigenvalue weighted by Gasteiger charge is 2.19. The van der Waals surface area contributed by atoms with Gasteiger partial charge in [-0.1, -0.05) is 88.2 Å². The Hall–Kier alpha value is 3.96. The Balaban J connectivity index is 1.85. The van der Waals surface area contributed by atoms with E-state index in [4.69, 9.17) is 5.11 Å². The number of fused-ring (bicyclic) bond motifs is 2. The van der Waals surface area contributed by atoms with E-state index in [1.807, 2.05) is 0 Å². The van der Waals surface area contributed by atoms with E-state index in [0.717, 1.165) is 19.8 Å². The normalized spacial score (nSPS) is 19.7. The van der Waals surface area contributed by atoms with E-state index in [1.165, 1.54) is 28.6 Å². The van der Waals surface area contributed by atoms with Crippen LogP contribution in [0.15, 0.2) is 12.1 Å². The van der Waals surface area contributed by atoms with Crippen LogP contribution in [0.3, 0.4) is 0 Å². The molecule has 0 amide bonds. The molecule has 0 radical (unpaired) electrons. The van der Waals surface area contributed by atoms with Gasteiger partial charge in [-0.15, -0.1) is 45.3 Å². The van der Waals surface area contributed by atoms with Gasteiger partial charge in [-0.25, -0.2) is 0 Å². The zero-order valence-electron chi connectivity index (χ0n) is 15.1. The van der Waals surface area contributed by atoms with Crippen molar-refractivity contribution in [2.45, 2.75) is 0 Å². The third-order valence-electron chi connectivity index (χ3n) is 3.21. The monoisotopic (exact) mass is 913 g/mol. The Morgan fingerprint density at radius 2 is 1.08 bits per heavy atom. The molecule has 0 saturated carbocycles. The van der Waals surface area contributed by atoms with Gasteiger partial charge in [-0.05, 0) is 36.8 Å². The van der Waals surface area contributed by atoms with Crippen LogP contribution in [-0.2, 0) is 0 Å². The van der Waals surface area contributed by atoms with Crippen LogP contribution < -0.4 is 19.8 Å². The van der Waals surface area contributed by atoms with Crippen LogP contribution in [0.2, 0.25) is 0 Å². The van der Waals surface area contributed by atoms with E-state index in [-0.39, 0.29) is 0 Å². The molecule has 4 atom stereocenters. The average Bonchev–Trinajstić information content (AvgIpc) is 3.29. The highest BCUT2D eigenvalue weighted by molar-refractivity contribution is 14.2. The van der Waals surface area contributed by atoms with Gasteiger partial charge < -0.3 is 0 Å². The van der Waals surface area contributed by atoms with Gasteiger partial charge in [0.2, 0.25) is 0 Å². The summed E-state index contributed by atoms with van der Waals surface area (Å²) in [5.41, 5.74) is 0. The lowest BCUT2D eigenvalue weighted by molar-refractivity contribution is 2.07. The zero-order valence-corrected chi connectivity index (χ0v) is 26.6. The summed E-state index contributed by atoms with van der Waals surface area (Å²) in [5, 5.41) is 2.19. The van der Waals surface area contributed by atoms with Gasteiger partial charge in [0.05, 0.1) is 14.5 Å². The predicted octanol–water partition coefficient (Wildman–Crippen LogP) is 8.52. The summed E-state index contributed by atoms with van der Waals surface area (Å²) in [6.45, 7) is 0. The molecule has 0 fully saturated rings. The second-order valence-electron chi connectivity index (χ2n) is 4.46. The summed E-state index contributed by atoms with van der Waals surface area (Å²) in [7, 11) is 0. The Morgan fingerprint density at radius 3 is 1.42 bits per heavy atom. The molecule has 0 nitrogen and oxygen atoms in total. The minimum atomic E-state index is -1.01. The molecule has 0 N–H and O–H groups in total. The van der Waals surface area contributed by atoms with Crippen LogP contribution in [0.25, 0.3) is 28.6 Å². The summed E-state index contributed by atoms with van der Waals surface area (Å²) >= 11 is 15.7. The molecule has 0 aliphatic rings. The fraction of sp³-hybridized carbons (Fsp3) is 0. The molecule has 4 unspecified atom stereocenters. The molecular formula is C12H6I4P4S4. The molecule has 4 aromatic rings. The smallest absolute Gasteiger partial charge is 0.0748 e. The van der Waals surface area contributed by atoms with Crippen molar-refractivity contribution in [3.63, 3.8) is 0 Å². The van der Waals surface area contributed by atoms with Crippen LogP contribution in [0.4, 0.5) is 0 Å². The van der Waals surface area contributed by atoms with Gasteiger partial charge in [-0.3, -0.25) is 0 Å². The molecule has 24 heavy (non-hydrogen) atoms. The van der Waals surface area contributed by atoms with Crippen LogP contribution in [0.1, 0.15) is 0 Å². The van der Waals surface area contributed by atoms with Crippen LogP contribution >= 0.6 is 158 Å². The number of rotatable bonds is 5. The summed E-state index contributed by atoms with van der Waals surface area (Å²) in [5.74, 6) is 0.